The van der Waals surface area contributed by atoms with Gasteiger partial charge in [-0.3, -0.25) is 4.98 Å². The van der Waals surface area contributed by atoms with Gasteiger partial charge >= 0.3 is 12.1 Å². The Balaban J connectivity index is 1.57. The number of anilines is 1. The van der Waals surface area contributed by atoms with Crippen molar-refractivity contribution in [2.45, 2.75) is 51.8 Å². The molecule has 10 nitrogen and oxygen atoms in total. The molecule has 0 unspecified atom stereocenters. The first-order valence-electron chi connectivity index (χ1n) is 12.1. The van der Waals surface area contributed by atoms with Gasteiger partial charge in [-0.15, -0.1) is 0 Å². The topological polar surface area (TPSA) is 111 Å². The summed E-state index contributed by atoms with van der Waals surface area (Å²) in [4.78, 5) is 38.6. The lowest BCUT2D eigenvalue weighted by Crippen LogP contribution is -2.48. The summed E-state index contributed by atoms with van der Waals surface area (Å²) in [6.45, 7) is 7.48. The Morgan fingerprint density at radius 2 is 1.92 bits per heavy atom. The van der Waals surface area contributed by atoms with Gasteiger partial charge in [-0.05, 0) is 33.8 Å². The second kappa shape index (κ2) is 10.3. The van der Waals surface area contributed by atoms with Gasteiger partial charge < -0.3 is 24.1 Å². The van der Waals surface area contributed by atoms with E-state index in [-0.39, 0.29) is 67.5 Å². The van der Waals surface area contributed by atoms with Crippen LogP contribution < -0.4 is 5.32 Å². The zero-order valence-corrected chi connectivity index (χ0v) is 21.3. The summed E-state index contributed by atoms with van der Waals surface area (Å²) in [5.74, 6) is -1.02. The Hall–Kier alpha value is -3.83. The fourth-order valence-corrected chi connectivity index (χ4v) is 3.97. The van der Waals surface area contributed by atoms with Crippen molar-refractivity contribution in [2.75, 3.05) is 31.6 Å². The van der Waals surface area contributed by atoms with Crippen molar-refractivity contribution in [3.63, 3.8) is 0 Å². The minimum Gasteiger partial charge on any atom is -0.461 e. The van der Waals surface area contributed by atoms with Crippen molar-refractivity contribution >= 4 is 23.5 Å². The summed E-state index contributed by atoms with van der Waals surface area (Å²) >= 11 is 0. The van der Waals surface area contributed by atoms with Gasteiger partial charge in [-0.1, -0.05) is 0 Å². The zero-order valence-electron chi connectivity index (χ0n) is 21.3. The average molecular weight is 517 g/mol. The molecule has 0 aliphatic carbocycles. The third-order valence-electron chi connectivity index (χ3n) is 5.85. The lowest BCUT2D eigenvalue weighted by molar-refractivity contribution is 0.00572. The molecular weight excluding hydrogens is 486 g/mol. The molecule has 0 radical (unpaired) electrons. The smallest absolute Gasteiger partial charge is 0.410 e. The lowest BCUT2D eigenvalue weighted by atomic mass is 9.93. The number of likely N-dealkylation sites (tertiary alicyclic amines) is 1. The van der Waals surface area contributed by atoms with E-state index >= 15 is 4.39 Å². The molecule has 198 valence electrons. The van der Waals surface area contributed by atoms with Crippen LogP contribution in [0.25, 0.3) is 16.9 Å². The van der Waals surface area contributed by atoms with Crippen LogP contribution in [0.5, 0.6) is 0 Å². The van der Waals surface area contributed by atoms with Gasteiger partial charge in [-0.25, -0.2) is 28.3 Å². The zero-order chi connectivity index (χ0) is 26.8. The SMILES string of the molecule is CCOC(=O)c1cn2cc(-c3ccncc3F)nc(NCC3(F)CCN(C(=O)OC(C)(C)C)CC3)c2n1. The molecule has 4 heterocycles. The first-order chi connectivity index (χ1) is 17.5. The Bertz CT molecular complexity index is 1300. The quantitative estimate of drug-likeness (QED) is 0.484. The number of aromatic nitrogens is 4. The average Bonchev–Trinajstić information content (AvgIpc) is 3.27. The van der Waals surface area contributed by atoms with Crippen LogP contribution in [0.15, 0.2) is 30.9 Å². The summed E-state index contributed by atoms with van der Waals surface area (Å²) < 4.78 is 42.1. The first-order valence-corrected chi connectivity index (χ1v) is 12.1. The molecule has 1 N–H and O–H groups in total. The summed E-state index contributed by atoms with van der Waals surface area (Å²) in [7, 11) is 0. The standard InChI is InChI=1S/C25H30F2N6O4/c1-5-36-22(34)19-14-33-13-18(16-6-9-28-12-17(16)26)30-20(21(33)31-19)29-15-25(27)7-10-32(11-8-25)23(35)37-24(2,3)4/h6,9,12-14H,5,7-8,10-11,15H2,1-4H3,(H,29,30). The molecule has 0 atom stereocenters. The van der Waals surface area contributed by atoms with Crippen molar-refractivity contribution in [3.05, 3.63) is 42.4 Å². The molecule has 1 saturated heterocycles. The second-order valence-corrected chi connectivity index (χ2v) is 9.88. The van der Waals surface area contributed by atoms with E-state index in [1.807, 2.05) is 0 Å². The number of carbonyl (C=O) groups excluding carboxylic acids is 2. The molecule has 3 aromatic heterocycles. The van der Waals surface area contributed by atoms with Crippen molar-refractivity contribution < 1.29 is 27.8 Å². The van der Waals surface area contributed by atoms with Crippen molar-refractivity contribution in [1.29, 1.82) is 0 Å². The number of ether oxygens (including phenoxy) is 2. The first kappa shape index (κ1) is 26.2. The molecule has 37 heavy (non-hydrogen) atoms. The van der Waals surface area contributed by atoms with E-state index in [2.05, 4.69) is 20.3 Å². The van der Waals surface area contributed by atoms with Gasteiger partial charge in [0.1, 0.15) is 11.3 Å². The minimum absolute atomic E-state index is 0.0414. The number of carbonyl (C=O) groups is 2. The molecule has 0 bridgehead atoms. The van der Waals surface area contributed by atoms with E-state index in [0.29, 0.717) is 0 Å². The van der Waals surface area contributed by atoms with E-state index in [1.165, 1.54) is 34.0 Å². The number of fused-ring (bicyclic) bond motifs is 1. The number of alkyl halides is 1. The maximum Gasteiger partial charge on any atom is 0.410 e. The van der Waals surface area contributed by atoms with Crippen molar-refractivity contribution in [3.8, 4) is 11.3 Å². The number of halogens is 2. The van der Waals surface area contributed by atoms with Crippen LogP contribution in [-0.2, 0) is 9.47 Å². The fraction of sp³-hybridized carbons (Fsp3) is 0.480. The van der Waals surface area contributed by atoms with Gasteiger partial charge in [0, 0.05) is 50.1 Å². The molecule has 1 fully saturated rings. The predicted octanol–water partition coefficient (Wildman–Crippen LogP) is 4.26. The molecule has 1 aliphatic heterocycles. The highest BCUT2D eigenvalue weighted by molar-refractivity contribution is 5.89. The van der Waals surface area contributed by atoms with Crippen LogP contribution in [0.4, 0.5) is 19.4 Å². The van der Waals surface area contributed by atoms with E-state index in [1.54, 1.807) is 27.7 Å². The van der Waals surface area contributed by atoms with E-state index in [9.17, 15) is 14.0 Å². The Kier molecular flexibility index (Phi) is 7.28. The highest BCUT2D eigenvalue weighted by Crippen LogP contribution is 2.30. The van der Waals surface area contributed by atoms with Crippen molar-refractivity contribution in [1.82, 2.24) is 24.3 Å². The Morgan fingerprint density at radius 3 is 2.57 bits per heavy atom. The molecule has 3 aromatic rings. The van der Waals surface area contributed by atoms with Crippen LogP contribution in [0.2, 0.25) is 0 Å². The van der Waals surface area contributed by atoms with Crippen LogP contribution in [0.3, 0.4) is 0 Å². The van der Waals surface area contributed by atoms with Crippen LogP contribution in [0, 0.1) is 5.82 Å². The molecule has 0 spiro atoms. The summed E-state index contributed by atoms with van der Waals surface area (Å²) in [6, 6.07) is 1.47. The Morgan fingerprint density at radius 1 is 1.19 bits per heavy atom. The Labute approximate surface area is 213 Å². The summed E-state index contributed by atoms with van der Waals surface area (Å²) in [5.41, 5.74) is -1.53. The highest BCUT2D eigenvalue weighted by atomic mass is 19.1. The molecule has 1 aliphatic rings. The summed E-state index contributed by atoms with van der Waals surface area (Å²) in [6.07, 6.45) is 5.20. The number of esters is 1. The monoisotopic (exact) mass is 516 g/mol. The number of imidazole rings is 1. The number of hydrogen-bond donors (Lipinski definition) is 1. The fourth-order valence-electron chi connectivity index (χ4n) is 3.97. The molecule has 0 aromatic carbocycles. The second-order valence-electron chi connectivity index (χ2n) is 9.88. The van der Waals surface area contributed by atoms with E-state index in [4.69, 9.17) is 9.47 Å². The van der Waals surface area contributed by atoms with Crippen LogP contribution in [-0.4, -0.2) is 73.8 Å². The van der Waals surface area contributed by atoms with Crippen molar-refractivity contribution in [2.24, 2.45) is 0 Å². The number of hydrogen-bond acceptors (Lipinski definition) is 8. The maximum absolute atomic E-state index is 15.7. The van der Waals surface area contributed by atoms with Crippen LogP contribution >= 0.6 is 0 Å². The van der Waals surface area contributed by atoms with Gasteiger partial charge in [0.25, 0.3) is 0 Å². The number of nitrogens with one attached hydrogen (secondary N) is 1. The number of nitrogens with zero attached hydrogens (tertiary/aromatic N) is 5. The van der Waals surface area contributed by atoms with Crippen LogP contribution in [0.1, 0.15) is 51.0 Å². The predicted molar refractivity (Wildman–Crippen MR) is 132 cm³/mol. The molecule has 0 saturated carbocycles. The molecule has 1 amide bonds. The summed E-state index contributed by atoms with van der Waals surface area (Å²) in [5, 5.41) is 3.00. The highest BCUT2D eigenvalue weighted by Gasteiger charge is 2.37. The van der Waals surface area contributed by atoms with Gasteiger partial charge in [-0.2, -0.15) is 0 Å². The maximum atomic E-state index is 15.7. The van der Waals surface area contributed by atoms with Gasteiger partial charge in [0.15, 0.2) is 23.0 Å². The van der Waals surface area contributed by atoms with E-state index < -0.39 is 29.1 Å². The molecule has 12 heteroatoms. The third kappa shape index (κ3) is 6.12. The molecule has 4 rings (SSSR count). The minimum atomic E-state index is -1.63. The number of amides is 1. The van der Waals surface area contributed by atoms with E-state index in [0.717, 1.165) is 6.20 Å². The molecular formula is C25H30F2N6O4. The largest absolute Gasteiger partial charge is 0.461 e. The van der Waals surface area contributed by atoms with Gasteiger partial charge in [0.2, 0.25) is 0 Å². The number of rotatable bonds is 6. The number of piperidine rings is 1. The van der Waals surface area contributed by atoms with Gasteiger partial charge in [0.05, 0.1) is 25.0 Å². The third-order valence-corrected chi connectivity index (χ3v) is 5.85. The number of pyridine rings is 1. The lowest BCUT2D eigenvalue weighted by Gasteiger charge is -2.37. The normalized spacial score (nSPS) is 15.5.